The number of methoxy groups -OCH3 is 1. The van der Waals surface area contributed by atoms with Crippen molar-refractivity contribution < 1.29 is 38.9 Å². The van der Waals surface area contributed by atoms with E-state index in [1.807, 2.05) is 0 Å². The summed E-state index contributed by atoms with van der Waals surface area (Å²) in [6.45, 7) is 4.70. The molecule has 0 bridgehead atoms. The van der Waals surface area contributed by atoms with Crippen LogP contribution < -0.4 is 10.6 Å². The fourth-order valence-electron chi connectivity index (χ4n) is 3.99. The van der Waals surface area contributed by atoms with Crippen molar-refractivity contribution in [3.05, 3.63) is 59.7 Å². The van der Waals surface area contributed by atoms with Gasteiger partial charge in [-0.2, -0.15) is 0 Å². The predicted molar refractivity (Wildman–Crippen MR) is 141 cm³/mol. The van der Waals surface area contributed by atoms with Gasteiger partial charge >= 0.3 is 12.1 Å². The average Bonchev–Trinajstić information content (AvgIpc) is 3.71. The number of phenols is 2. The predicted octanol–water partition coefficient (Wildman–Crippen LogP) is 2.56. The third-order valence-corrected chi connectivity index (χ3v) is 5.93. The lowest BCUT2D eigenvalue weighted by molar-refractivity contribution is -0.145. The molecule has 3 rings (SSSR count). The second kappa shape index (κ2) is 12.5. The average molecular weight is 542 g/mol. The molecule has 2 aromatic carbocycles. The highest BCUT2D eigenvalue weighted by Gasteiger charge is 2.44. The zero-order valence-electron chi connectivity index (χ0n) is 22.5. The van der Waals surface area contributed by atoms with Gasteiger partial charge in [-0.1, -0.05) is 24.3 Å². The topological polar surface area (TPSA) is 154 Å². The molecule has 0 aromatic heterocycles. The number of rotatable bonds is 10. The summed E-state index contributed by atoms with van der Waals surface area (Å²) in [5, 5.41) is 24.6. The van der Waals surface area contributed by atoms with E-state index >= 15 is 0 Å². The highest BCUT2D eigenvalue weighted by Crippen LogP contribution is 2.36. The van der Waals surface area contributed by atoms with Crippen LogP contribution >= 0.6 is 0 Å². The van der Waals surface area contributed by atoms with E-state index in [1.54, 1.807) is 32.9 Å². The second-order valence-corrected chi connectivity index (χ2v) is 10.3. The Bertz CT molecular complexity index is 1170. The van der Waals surface area contributed by atoms with E-state index < -0.39 is 48.1 Å². The molecule has 1 fully saturated rings. The van der Waals surface area contributed by atoms with E-state index in [-0.39, 0.29) is 24.0 Å². The lowest BCUT2D eigenvalue weighted by Crippen LogP contribution is -2.54. The summed E-state index contributed by atoms with van der Waals surface area (Å²) < 4.78 is 10.0. The molecule has 0 spiro atoms. The maximum atomic E-state index is 14.2. The summed E-state index contributed by atoms with van der Waals surface area (Å²) in [5.74, 6) is -1.77. The van der Waals surface area contributed by atoms with Crippen LogP contribution in [-0.4, -0.2) is 70.3 Å². The molecule has 1 saturated carbocycles. The molecule has 0 radical (unpaired) electrons. The number of nitrogens with zero attached hydrogens (tertiary/aromatic N) is 1. The van der Waals surface area contributed by atoms with E-state index in [0.717, 1.165) is 0 Å². The fourth-order valence-corrected chi connectivity index (χ4v) is 3.99. The van der Waals surface area contributed by atoms with Crippen LogP contribution in [0.2, 0.25) is 0 Å². The molecule has 3 amide bonds. The first-order valence-electron chi connectivity index (χ1n) is 12.6. The Labute approximate surface area is 227 Å². The summed E-state index contributed by atoms with van der Waals surface area (Å²) in [6, 6.07) is 9.51. The van der Waals surface area contributed by atoms with Gasteiger partial charge in [0.15, 0.2) is 0 Å². The molecule has 2 aromatic rings. The number of alkyl carbamates (subject to hydrolysis) is 1. The molecular weight excluding hydrogens is 506 g/mol. The van der Waals surface area contributed by atoms with Crippen molar-refractivity contribution in [3.63, 3.8) is 0 Å². The molecular formula is C28H35N3O8. The molecule has 4 N–H and O–H groups in total. The quantitative estimate of drug-likeness (QED) is 0.335. The molecule has 1 aliphatic rings. The first-order chi connectivity index (χ1) is 18.4. The van der Waals surface area contributed by atoms with Crippen molar-refractivity contribution in [3.8, 4) is 11.5 Å². The monoisotopic (exact) mass is 541 g/mol. The molecule has 0 heterocycles. The minimum atomic E-state index is -1.15. The van der Waals surface area contributed by atoms with Crippen LogP contribution in [0, 0.1) is 0 Å². The Hall–Kier alpha value is -4.28. The van der Waals surface area contributed by atoms with Crippen LogP contribution in [0.4, 0.5) is 4.79 Å². The number of phenolic OH excluding ortho intramolecular Hbond substituents is 2. The van der Waals surface area contributed by atoms with Gasteiger partial charge in [-0.15, -0.1) is 0 Å². The Balaban J connectivity index is 1.98. The molecule has 2 atom stereocenters. The third kappa shape index (κ3) is 8.62. The zero-order valence-corrected chi connectivity index (χ0v) is 22.5. The van der Waals surface area contributed by atoms with E-state index in [0.29, 0.717) is 24.0 Å². The molecule has 0 aliphatic heterocycles. The number of nitrogens with one attached hydrogen (secondary N) is 2. The minimum Gasteiger partial charge on any atom is -0.508 e. The van der Waals surface area contributed by atoms with Crippen LogP contribution in [0.25, 0.3) is 0 Å². The van der Waals surface area contributed by atoms with Crippen LogP contribution in [0.5, 0.6) is 11.5 Å². The van der Waals surface area contributed by atoms with Crippen LogP contribution in [0.15, 0.2) is 48.5 Å². The van der Waals surface area contributed by atoms with Gasteiger partial charge in [-0.3, -0.25) is 14.4 Å². The van der Waals surface area contributed by atoms with Crippen molar-refractivity contribution in [2.24, 2.45) is 0 Å². The number of ether oxygens (including phenoxy) is 2. The zero-order chi connectivity index (χ0) is 28.7. The van der Waals surface area contributed by atoms with Gasteiger partial charge in [-0.25, -0.2) is 4.79 Å². The van der Waals surface area contributed by atoms with Gasteiger partial charge < -0.3 is 35.2 Å². The lowest BCUT2D eigenvalue weighted by atomic mass is 10.00. The first kappa shape index (κ1) is 29.3. The molecule has 39 heavy (non-hydrogen) atoms. The van der Waals surface area contributed by atoms with Crippen LogP contribution in [-0.2, 0) is 30.3 Å². The van der Waals surface area contributed by atoms with Crippen molar-refractivity contribution in [1.29, 1.82) is 0 Å². The minimum absolute atomic E-state index is 0.0198. The van der Waals surface area contributed by atoms with Gasteiger partial charge in [0, 0.05) is 12.5 Å². The highest BCUT2D eigenvalue weighted by atomic mass is 16.6. The maximum absolute atomic E-state index is 14.2. The standard InChI is InChI=1S/C28H35N3O8/c1-28(2,3)39-27(37)30-22(15-17-5-11-20(32)12-6-17)26(36)31(19-9-10-19)24(18-7-13-21(33)14-8-18)25(35)29-16-23(34)38-4/h5-8,11-14,19,22,24,32-33H,9-10,15-16H2,1-4H3,(H,29,35)(H,30,37). The van der Waals surface area contributed by atoms with E-state index in [1.165, 1.54) is 48.4 Å². The number of hydrogen-bond donors (Lipinski definition) is 4. The Morgan fingerprint density at radius 1 is 0.974 bits per heavy atom. The van der Waals surface area contributed by atoms with Gasteiger partial charge in [0.1, 0.15) is 35.7 Å². The number of carbonyl (C=O) groups excluding carboxylic acids is 4. The number of hydrogen-bond acceptors (Lipinski definition) is 8. The van der Waals surface area contributed by atoms with Crippen molar-refractivity contribution in [1.82, 2.24) is 15.5 Å². The van der Waals surface area contributed by atoms with Crippen molar-refractivity contribution >= 4 is 23.9 Å². The Kier molecular flexibility index (Phi) is 9.39. The summed E-state index contributed by atoms with van der Waals surface area (Å²) >= 11 is 0. The smallest absolute Gasteiger partial charge is 0.408 e. The first-order valence-corrected chi connectivity index (χ1v) is 12.6. The van der Waals surface area contributed by atoms with E-state index in [4.69, 9.17) is 4.74 Å². The van der Waals surface area contributed by atoms with Crippen molar-refractivity contribution in [2.75, 3.05) is 13.7 Å². The third-order valence-electron chi connectivity index (χ3n) is 5.93. The van der Waals surface area contributed by atoms with Gasteiger partial charge in [0.25, 0.3) is 0 Å². The van der Waals surface area contributed by atoms with Crippen LogP contribution in [0.1, 0.15) is 50.8 Å². The molecule has 2 unspecified atom stereocenters. The second-order valence-electron chi connectivity index (χ2n) is 10.3. The normalized spacial score (nSPS) is 14.5. The lowest BCUT2D eigenvalue weighted by Gasteiger charge is -2.34. The number of benzene rings is 2. The summed E-state index contributed by atoms with van der Waals surface area (Å²) in [5.41, 5.74) is 0.264. The largest absolute Gasteiger partial charge is 0.508 e. The van der Waals surface area contributed by atoms with E-state index in [2.05, 4.69) is 15.4 Å². The summed E-state index contributed by atoms with van der Waals surface area (Å²) in [7, 11) is 1.20. The molecule has 11 nitrogen and oxygen atoms in total. The number of amides is 3. The Morgan fingerprint density at radius 3 is 2.05 bits per heavy atom. The fraction of sp³-hybridized carbons (Fsp3) is 0.429. The van der Waals surface area contributed by atoms with Crippen molar-refractivity contribution in [2.45, 2.75) is 63.8 Å². The maximum Gasteiger partial charge on any atom is 0.408 e. The number of esters is 1. The SMILES string of the molecule is COC(=O)CNC(=O)C(c1ccc(O)cc1)N(C(=O)C(Cc1ccc(O)cc1)NC(=O)OC(C)(C)C)C1CC1. The number of carbonyl (C=O) groups is 4. The Morgan fingerprint density at radius 2 is 1.54 bits per heavy atom. The van der Waals surface area contributed by atoms with Gasteiger partial charge in [0.2, 0.25) is 11.8 Å². The summed E-state index contributed by atoms with van der Waals surface area (Å²) in [4.78, 5) is 53.5. The number of aromatic hydroxyl groups is 2. The molecule has 1 aliphatic carbocycles. The van der Waals surface area contributed by atoms with Gasteiger partial charge in [-0.05, 0) is 69.0 Å². The molecule has 210 valence electrons. The van der Waals surface area contributed by atoms with Gasteiger partial charge in [0.05, 0.1) is 7.11 Å². The van der Waals surface area contributed by atoms with E-state index in [9.17, 15) is 29.4 Å². The molecule has 0 saturated heterocycles. The molecule has 11 heteroatoms. The van der Waals surface area contributed by atoms with Crippen LogP contribution in [0.3, 0.4) is 0 Å². The highest BCUT2D eigenvalue weighted by molar-refractivity contribution is 5.93. The summed E-state index contributed by atoms with van der Waals surface area (Å²) in [6.07, 6.45) is 0.547.